The lowest BCUT2D eigenvalue weighted by Crippen LogP contribution is -2.38. The third-order valence-electron chi connectivity index (χ3n) is 5.11. The van der Waals surface area contributed by atoms with Gasteiger partial charge in [-0.25, -0.2) is 0 Å². The number of piperidine rings is 1. The summed E-state index contributed by atoms with van der Waals surface area (Å²) in [7, 11) is 0. The van der Waals surface area contributed by atoms with Crippen molar-refractivity contribution in [2.45, 2.75) is 33.1 Å². The molecule has 3 rings (SSSR count). The fraction of sp³-hybridized carbons (Fsp3) is 0.455. The van der Waals surface area contributed by atoms with Crippen LogP contribution in [0, 0.1) is 12.8 Å². The highest BCUT2D eigenvalue weighted by atomic mass is 35.5. The van der Waals surface area contributed by atoms with Crippen LogP contribution in [0.2, 0.25) is 5.02 Å². The highest BCUT2D eigenvalue weighted by molar-refractivity contribution is 7.18. The van der Waals surface area contributed by atoms with E-state index in [0.29, 0.717) is 32.9 Å². The predicted molar refractivity (Wildman–Crippen MR) is 120 cm³/mol. The van der Waals surface area contributed by atoms with E-state index in [0.717, 1.165) is 25.2 Å². The maximum absolute atomic E-state index is 12.6. The molecule has 0 saturated carbocycles. The molecule has 0 unspecified atom stereocenters. The summed E-state index contributed by atoms with van der Waals surface area (Å²) in [5.41, 5.74) is 1.27. The lowest BCUT2D eigenvalue weighted by Gasteiger charge is -2.29. The number of anilines is 1. The van der Waals surface area contributed by atoms with Crippen LogP contribution >= 0.6 is 22.9 Å². The van der Waals surface area contributed by atoms with E-state index in [1.165, 1.54) is 30.6 Å². The highest BCUT2D eigenvalue weighted by Crippen LogP contribution is 2.28. The molecule has 0 spiro atoms. The third-order valence-corrected chi connectivity index (χ3v) is 6.59. The van der Waals surface area contributed by atoms with Gasteiger partial charge in [-0.05, 0) is 62.5 Å². The number of carbonyl (C=O) groups excluding carboxylic acids is 2. The Balaban J connectivity index is 1.54. The molecule has 29 heavy (non-hydrogen) atoms. The van der Waals surface area contributed by atoms with Crippen LogP contribution in [0.25, 0.3) is 0 Å². The summed E-state index contributed by atoms with van der Waals surface area (Å²) in [5, 5.41) is 6.93. The van der Waals surface area contributed by atoms with Crippen molar-refractivity contribution in [1.82, 2.24) is 10.2 Å². The Morgan fingerprint density at radius 3 is 2.62 bits per heavy atom. The van der Waals surface area contributed by atoms with E-state index < -0.39 is 0 Å². The molecule has 2 N–H and O–H groups in total. The van der Waals surface area contributed by atoms with Crippen LogP contribution < -0.4 is 10.6 Å². The van der Waals surface area contributed by atoms with E-state index >= 15 is 0 Å². The first-order valence-corrected chi connectivity index (χ1v) is 11.3. The standard InChI is InChI=1S/C22H28ClN3O2S/c1-15(14-26-10-6-3-7-11-26)13-24-22(28)20-16(2)12-19(29-20)25-21(27)17-8-4-5-9-18(17)23/h4-5,8-9,12,15H,3,6-7,10-11,13-14H2,1-2H3,(H,24,28)(H,25,27)/t15-/m1/s1. The number of thiophene rings is 1. The molecule has 0 bridgehead atoms. The molecular formula is C22H28ClN3O2S. The van der Waals surface area contributed by atoms with Crippen LogP contribution in [-0.4, -0.2) is 42.9 Å². The van der Waals surface area contributed by atoms with Gasteiger partial charge in [0.15, 0.2) is 0 Å². The first-order valence-electron chi connectivity index (χ1n) is 10.1. The van der Waals surface area contributed by atoms with Gasteiger partial charge in [-0.3, -0.25) is 9.59 Å². The number of benzene rings is 1. The molecule has 7 heteroatoms. The Morgan fingerprint density at radius 2 is 1.90 bits per heavy atom. The number of rotatable bonds is 7. The summed E-state index contributed by atoms with van der Waals surface area (Å²) in [6.07, 6.45) is 3.88. The van der Waals surface area contributed by atoms with Crippen LogP contribution in [0.4, 0.5) is 5.00 Å². The van der Waals surface area contributed by atoms with Gasteiger partial charge in [-0.15, -0.1) is 11.3 Å². The van der Waals surface area contributed by atoms with Crippen LogP contribution in [0.5, 0.6) is 0 Å². The van der Waals surface area contributed by atoms with E-state index in [4.69, 9.17) is 11.6 Å². The lowest BCUT2D eigenvalue weighted by atomic mass is 10.1. The largest absolute Gasteiger partial charge is 0.351 e. The summed E-state index contributed by atoms with van der Waals surface area (Å²) >= 11 is 7.37. The van der Waals surface area contributed by atoms with Gasteiger partial charge in [0.2, 0.25) is 0 Å². The molecule has 1 aromatic carbocycles. The van der Waals surface area contributed by atoms with Crippen LogP contribution in [-0.2, 0) is 0 Å². The zero-order valence-corrected chi connectivity index (χ0v) is 18.5. The lowest BCUT2D eigenvalue weighted by molar-refractivity contribution is 0.0945. The fourth-order valence-corrected chi connectivity index (χ4v) is 4.79. The minimum Gasteiger partial charge on any atom is -0.351 e. The van der Waals surface area contributed by atoms with Crippen molar-refractivity contribution >= 4 is 39.8 Å². The molecule has 156 valence electrons. The molecule has 2 amide bonds. The second-order valence-electron chi connectivity index (χ2n) is 7.73. The minimum atomic E-state index is -0.279. The second kappa shape index (κ2) is 10.2. The molecule has 1 aliphatic heterocycles. The Morgan fingerprint density at radius 1 is 1.17 bits per heavy atom. The van der Waals surface area contributed by atoms with Crippen molar-refractivity contribution in [2.75, 3.05) is 31.5 Å². The predicted octanol–water partition coefficient (Wildman–Crippen LogP) is 4.81. The summed E-state index contributed by atoms with van der Waals surface area (Å²) in [5.74, 6) is 0.0342. The van der Waals surface area contributed by atoms with Crippen molar-refractivity contribution in [3.8, 4) is 0 Å². The van der Waals surface area contributed by atoms with Gasteiger partial charge in [0.1, 0.15) is 0 Å². The van der Waals surface area contributed by atoms with E-state index in [9.17, 15) is 9.59 Å². The zero-order valence-electron chi connectivity index (χ0n) is 17.0. The van der Waals surface area contributed by atoms with Crippen molar-refractivity contribution in [1.29, 1.82) is 0 Å². The minimum absolute atomic E-state index is 0.0868. The average molecular weight is 434 g/mol. The Labute approximate surface area is 181 Å². The summed E-state index contributed by atoms with van der Waals surface area (Å²) in [4.78, 5) is 28.2. The van der Waals surface area contributed by atoms with Crippen molar-refractivity contribution in [2.24, 2.45) is 5.92 Å². The molecule has 2 aromatic rings. The molecule has 1 saturated heterocycles. The Hall–Kier alpha value is -1.89. The number of carbonyl (C=O) groups is 2. The summed E-state index contributed by atoms with van der Waals surface area (Å²) in [6.45, 7) is 8.05. The number of hydrogen-bond donors (Lipinski definition) is 2. The molecular weight excluding hydrogens is 406 g/mol. The van der Waals surface area contributed by atoms with Gasteiger partial charge in [0.25, 0.3) is 11.8 Å². The monoisotopic (exact) mass is 433 g/mol. The first kappa shape index (κ1) is 21.8. The second-order valence-corrected chi connectivity index (χ2v) is 9.19. The fourth-order valence-electron chi connectivity index (χ4n) is 3.59. The Kier molecular flexibility index (Phi) is 7.70. The normalized spacial score (nSPS) is 15.7. The third kappa shape index (κ3) is 6.04. The van der Waals surface area contributed by atoms with Gasteiger partial charge in [0, 0.05) is 13.1 Å². The molecule has 0 radical (unpaired) electrons. The summed E-state index contributed by atoms with van der Waals surface area (Å²) < 4.78 is 0. The van der Waals surface area contributed by atoms with E-state index in [-0.39, 0.29) is 11.8 Å². The molecule has 1 atom stereocenters. The van der Waals surface area contributed by atoms with Gasteiger partial charge in [0.05, 0.1) is 20.5 Å². The number of hydrogen-bond acceptors (Lipinski definition) is 4. The first-order chi connectivity index (χ1) is 13.9. The number of halogens is 1. The molecule has 1 aromatic heterocycles. The van der Waals surface area contributed by atoms with Crippen molar-refractivity contribution in [3.05, 3.63) is 51.4 Å². The smallest absolute Gasteiger partial charge is 0.261 e. The maximum atomic E-state index is 12.6. The number of amides is 2. The van der Waals surface area contributed by atoms with E-state index in [1.54, 1.807) is 24.3 Å². The van der Waals surface area contributed by atoms with Crippen LogP contribution in [0.1, 0.15) is 51.8 Å². The van der Waals surface area contributed by atoms with Crippen molar-refractivity contribution < 1.29 is 9.59 Å². The SMILES string of the molecule is Cc1cc(NC(=O)c2ccccc2Cl)sc1C(=O)NC[C@@H](C)CN1CCCCC1. The quantitative estimate of drug-likeness (QED) is 0.658. The Bertz CT molecular complexity index is 861. The number of aryl methyl sites for hydroxylation is 1. The van der Waals surface area contributed by atoms with Crippen LogP contribution in [0.3, 0.4) is 0 Å². The molecule has 1 aliphatic rings. The van der Waals surface area contributed by atoms with Crippen molar-refractivity contribution in [3.63, 3.8) is 0 Å². The highest BCUT2D eigenvalue weighted by Gasteiger charge is 2.18. The molecule has 2 heterocycles. The number of nitrogens with zero attached hydrogens (tertiary/aromatic N) is 1. The zero-order chi connectivity index (χ0) is 20.8. The van der Waals surface area contributed by atoms with E-state index in [1.807, 2.05) is 13.0 Å². The topological polar surface area (TPSA) is 61.4 Å². The number of likely N-dealkylation sites (tertiary alicyclic amines) is 1. The van der Waals surface area contributed by atoms with Gasteiger partial charge >= 0.3 is 0 Å². The average Bonchev–Trinajstić information content (AvgIpc) is 3.07. The number of nitrogens with one attached hydrogen (secondary N) is 2. The van der Waals surface area contributed by atoms with Crippen LogP contribution in [0.15, 0.2) is 30.3 Å². The van der Waals surface area contributed by atoms with Gasteiger partial charge < -0.3 is 15.5 Å². The molecule has 5 nitrogen and oxygen atoms in total. The maximum Gasteiger partial charge on any atom is 0.261 e. The van der Waals surface area contributed by atoms with E-state index in [2.05, 4.69) is 22.5 Å². The van der Waals surface area contributed by atoms with Gasteiger partial charge in [-0.2, -0.15) is 0 Å². The molecule has 1 fully saturated rings. The van der Waals surface area contributed by atoms with Gasteiger partial charge in [-0.1, -0.05) is 37.1 Å². The summed E-state index contributed by atoms with van der Waals surface area (Å²) in [6, 6.07) is 8.73. The molecule has 0 aliphatic carbocycles.